The molecule has 0 spiro atoms. The molecular formula is C10H11FO. The average molecular weight is 166 g/mol. The maximum absolute atomic E-state index is 12.2. The van der Waals surface area contributed by atoms with Crippen LogP contribution in [0.2, 0.25) is 0 Å². The molecule has 0 atom stereocenters. The molecule has 0 radical (unpaired) electrons. The number of hydrogen-bond acceptors (Lipinski definition) is 1. The Labute approximate surface area is 71.2 Å². The summed E-state index contributed by atoms with van der Waals surface area (Å²) >= 11 is 0. The van der Waals surface area contributed by atoms with E-state index in [1.54, 1.807) is 6.07 Å². The maximum atomic E-state index is 12.2. The van der Waals surface area contributed by atoms with Gasteiger partial charge in [0.05, 0.1) is 12.9 Å². The van der Waals surface area contributed by atoms with Crippen molar-refractivity contribution < 1.29 is 9.50 Å². The lowest BCUT2D eigenvalue weighted by molar-refractivity contribution is 0.348. The van der Waals surface area contributed by atoms with Gasteiger partial charge in [-0.25, -0.2) is 4.39 Å². The summed E-state index contributed by atoms with van der Waals surface area (Å²) in [6, 6.07) is 7.37. The van der Waals surface area contributed by atoms with E-state index in [0.717, 1.165) is 11.1 Å². The second-order valence-corrected chi connectivity index (χ2v) is 2.61. The van der Waals surface area contributed by atoms with Gasteiger partial charge in [-0.1, -0.05) is 24.3 Å². The molecule has 0 amide bonds. The van der Waals surface area contributed by atoms with Crippen LogP contribution >= 0.6 is 0 Å². The highest BCUT2D eigenvalue weighted by Crippen LogP contribution is 2.17. The molecule has 0 fully saturated rings. The van der Waals surface area contributed by atoms with Crippen LogP contribution in [-0.4, -0.2) is 11.7 Å². The molecule has 0 aliphatic carbocycles. The van der Waals surface area contributed by atoms with Gasteiger partial charge in [0.25, 0.3) is 0 Å². The lowest BCUT2D eigenvalue weighted by Crippen LogP contribution is -1.92. The van der Waals surface area contributed by atoms with Crippen molar-refractivity contribution in [1.82, 2.24) is 0 Å². The first kappa shape index (κ1) is 8.94. The SMILES string of the molecule is Cc1ccccc1C(=CF)CO. The summed E-state index contributed by atoms with van der Waals surface area (Å²) in [5.41, 5.74) is 2.06. The fraction of sp³-hybridized carbons (Fsp3) is 0.200. The van der Waals surface area contributed by atoms with E-state index in [1.807, 2.05) is 25.1 Å². The van der Waals surface area contributed by atoms with Gasteiger partial charge in [-0.15, -0.1) is 0 Å². The first-order chi connectivity index (χ1) is 5.79. The van der Waals surface area contributed by atoms with Gasteiger partial charge in [-0.05, 0) is 18.1 Å². The first-order valence-electron chi connectivity index (χ1n) is 3.75. The van der Waals surface area contributed by atoms with E-state index in [-0.39, 0.29) is 6.61 Å². The summed E-state index contributed by atoms with van der Waals surface area (Å²) in [4.78, 5) is 0. The minimum atomic E-state index is -0.263. The van der Waals surface area contributed by atoms with E-state index in [2.05, 4.69) is 0 Å². The van der Waals surface area contributed by atoms with Crippen molar-refractivity contribution in [3.05, 3.63) is 41.7 Å². The van der Waals surface area contributed by atoms with Crippen molar-refractivity contribution in [1.29, 1.82) is 0 Å². The highest BCUT2D eigenvalue weighted by atomic mass is 19.1. The van der Waals surface area contributed by atoms with Crippen LogP contribution < -0.4 is 0 Å². The van der Waals surface area contributed by atoms with E-state index in [1.165, 1.54) is 0 Å². The third kappa shape index (κ3) is 1.71. The van der Waals surface area contributed by atoms with E-state index in [9.17, 15) is 4.39 Å². The Morgan fingerprint density at radius 1 is 1.50 bits per heavy atom. The molecule has 0 saturated heterocycles. The Morgan fingerprint density at radius 3 is 2.67 bits per heavy atom. The molecule has 1 N–H and O–H groups in total. The molecule has 0 bridgehead atoms. The van der Waals surface area contributed by atoms with Crippen molar-refractivity contribution in [2.24, 2.45) is 0 Å². The molecule has 0 unspecified atom stereocenters. The van der Waals surface area contributed by atoms with Crippen LogP contribution in [0.4, 0.5) is 4.39 Å². The smallest absolute Gasteiger partial charge is 0.0928 e. The second-order valence-electron chi connectivity index (χ2n) is 2.61. The Bertz CT molecular complexity index is 292. The summed E-state index contributed by atoms with van der Waals surface area (Å²) in [5, 5.41) is 8.80. The zero-order valence-corrected chi connectivity index (χ0v) is 6.92. The van der Waals surface area contributed by atoms with Crippen LogP contribution in [0, 0.1) is 6.92 Å². The zero-order chi connectivity index (χ0) is 8.97. The van der Waals surface area contributed by atoms with Crippen LogP contribution in [-0.2, 0) is 0 Å². The molecule has 12 heavy (non-hydrogen) atoms. The lowest BCUT2D eigenvalue weighted by atomic mass is 10.0. The van der Waals surface area contributed by atoms with E-state index in [0.29, 0.717) is 11.9 Å². The third-order valence-corrected chi connectivity index (χ3v) is 1.79. The maximum Gasteiger partial charge on any atom is 0.0928 e. The second kappa shape index (κ2) is 4.02. The number of benzene rings is 1. The summed E-state index contributed by atoms with van der Waals surface area (Å²) in [7, 11) is 0. The van der Waals surface area contributed by atoms with Crippen LogP contribution in [0.5, 0.6) is 0 Å². The van der Waals surface area contributed by atoms with E-state index < -0.39 is 0 Å². The monoisotopic (exact) mass is 166 g/mol. The number of rotatable bonds is 2. The van der Waals surface area contributed by atoms with Crippen molar-refractivity contribution >= 4 is 5.57 Å². The molecule has 1 rings (SSSR count). The Balaban J connectivity index is 3.10. The molecule has 0 aliphatic rings. The number of aryl methyl sites for hydroxylation is 1. The Hall–Kier alpha value is -1.15. The van der Waals surface area contributed by atoms with Crippen LogP contribution in [0.3, 0.4) is 0 Å². The zero-order valence-electron chi connectivity index (χ0n) is 6.92. The van der Waals surface area contributed by atoms with E-state index in [4.69, 9.17) is 5.11 Å². The summed E-state index contributed by atoms with van der Waals surface area (Å²) in [6.07, 6.45) is 0.447. The fourth-order valence-electron chi connectivity index (χ4n) is 1.11. The summed E-state index contributed by atoms with van der Waals surface area (Å²) in [6.45, 7) is 1.62. The summed E-state index contributed by atoms with van der Waals surface area (Å²) in [5.74, 6) is 0. The Morgan fingerprint density at radius 2 is 2.17 bits per heavy atom. The van der Waals surface area contributed by atoms with Gasteiger partial charge in [0.2, 0.25) is 0 Å². The third-order valence-electron chi connectivity index (χ3n) is 1.79. The average Bonchev–Trinajstić information content (AvgIpc) is 2.10. The van der Waals surface area contributed by atoms with Crippen LogP contribution in [0.1, 0.15) is 11.1 Å². The first-order valence-corrected chi connectivity index (χ1v) is 3.75. The molecule has 0 heterocycles. The van der Waals surface area contributed by atoms with Gasteiger partial charge in [-0.3, -0.25) is 0 Å². The van der Waals surface area contributed by atoms with Crippen LogP contribution in [0.25, 0.3) is 5.57 Å². The molecule has 64 valence electrons. The van der Waals surface area contributed by atoms with Gasteiger partial charge in [-0.2, -0.15) is 0 Å². The molecule has 1 aromatic rings. The van der Waals surface area contributed by atoms with Crippen molar-refractivity contribution in [3.63, 3.8) is 0 Å². The quantitative estimate of drug-likeness (QED) is 0.714. The van der Waals surface area contributed by atoms with Gasteiger partial charge in [0.1, 0.15) is 0 Å². The molecule has 0 aliphatic heterocycles. The predicted octanol–water partition coefficient (Wildman–Crippen LogP) is 2.30. The van der Waals surface area contributed by atoms with Crippen molar-refractivity contribution in [2.45, 2.75) is 6.92 Å². The molecule has 0 saturated carbocycles. The standard InChI is InChI=1S/C10H11FO/c1-8-4-2-3-5-10(8)9(6-11)7-12/h2-6,12H,7H2,1H3. The number of aliphatic hydroxyl groups is 1. The van der Waals surface area contributed by atoms with Gasteiger partial charge in [0, 0.05) is 5.57 Å². The number of aliphatic hydroxyl groups excluding tert-OH is 1. The summed E-state index contributed by atoms with van der Waals surface area (Å²) < 4.78 is 12.2. The highest BCUT2D eigenvalue weighted by Gasteiger charge is 2.02. The minimum absolute atomic E-state index is 0.263. The van der Waals surface area contributed by atoms with Crippen molar-refractivity contribution in [3.8, 4) is 0 Å². The molecule has 0 aromatic heterocycles. The Kier molecular flexibility index (Phi) is 3.00. The normalized spacial score (nSPS) is 11.8. The predicted molar refractivity (Wildman–Crippen MR) is 47.3 cm³/mol. The highest BCUT2D eigenvalue weighted by molar-refractivity contribution is 5.67. The number of hydrogen-bond donors (Lipinski definition) is 1. The minimum Gasteiger partial charge on any atom is -0.392 e. The molecular weight excluding hydrogens is 155 g/mol. The number of halogens is 1. The van der Waals surface area contributed by atoms with Crippen LogP contribution in [0.15, 0.2) is 30.6 Å². The lowest BCUT2D eigenvalue weighted by Gasteiger charge is -2.05. The fourth-order valence-corrected chi connectivity index (χ4v) is 1.11. The molecule has 1 nitrogen and oxygen atoms in total. The van der Waals surface area contributed by atoms with Crippen molar-refractivity contribution in [2.75, 3.05) is 6.61 Å². The topological polar surface area (TPSA) is 20.2 Å². The van der Waals surface area contributed by atoms with Gasteiger partial charge >= 0.3 is 0 Å². The van der Waals surface area contributed by atoms with Gasteiger partial charge in [0.15, 0.2) is 0 Å². The molecule has 2 heteroatoms. The van der Waals surface area contributed by atoms with E-state index >= 15 is 0 Å². The largest absolute Gasteiger partial charge is 0.392 e. The van der Waals surface area contributed by atoms with Gasteiger partial charge < -0.3 is 5.11 Å². The molecule has 1 aromatic carbocycles.